The molecule has 1 heterocycles. The second-order valence-electron chi connectivity index (χ2n) is 5.60. The highest BCUT2D eigenvalue weighted by Gasteiger charge is 2.41. The van der Waals surface area contributed by atoms with Crippen molar-refractivity contribution in [1.29, 1.82) is 0 Å². The van der Waals surface area contributed by atoms with Gasteiger partial charge in [-0.05, 0) is 44.3 Å². The molecule has 0 fully saturated rings. The first kappa shape index (κ1) is 17.4. The summed E-state index contributed by atoms with van der Waals surface area (Å²) >= 11 is 6.09. The number of hydrogen-bond acceptors (Lipinski definition) is 5. The number of anilines is 2. The first-order valence-corrected chi connectivity index (χ1v) is 9.71. The number of ether oxygens (including phenoxy) is 1. The lowest BCUT2D eigenvalue weighted by molar-refractivity contribution is 0.235. The summed E-state index contributed by atoms with van der Waals surface area (Å²) in [5, 5.41) is 3.61. The summed E-state index contributed by atoms with van der Waals surface area (Å²) in [5.41, 5.74) is 0.607. The fourth-order valence-electron chi connectivity index (χ4n) is 2.74. The Hall–Kier alpha value is -1.44. The van der Waals surface area contributed by atoms with Crippen LogP contribution < -0.4 is 14.4 Å². The van der Waals surface area contributed by atoms with Crippen LogP contribution in [-0.2, 0) is 0 Å². The van der Waals surface area contributed by atoms with Gasteiger partial charge in [-0.1, -0.05) is 40.6 Å². The van der Waals surface area contributed by atoms with Crippen LogP contribution in [0.4, 0.5) is 11.4 Å². The smallest absolute Gasteiger partial charge is 0.206 e. The summed E-state index contributed by atoms with van der Waals surface area (Å²) in [6.45, 7) is 0.781. The van der Waals surface area contributed by atoms with Crippen molar-refractivity contribution in [2.75, 3.05) is 17.9 Å². The maximum atomic E-state index is 10.9. The Bertz CT molecular complexity index is 699. The zero-order valence-electron chi connectivity index (χ0n) is 13.4. The average Bonchev–Trinajstić information content (AvgIpc) is 2.56. The zero-order valence-corrected chi connectivity index (χ0v) is 14.9. The normalized spacial score (nSPS) is 20.2. The molecule has 2 aromatic carbocycles. The minimum atomic E-state index is -3.18. The van der Waals surface area contributed by atoms with Gasteiger partial charge in [-0.3, -0.25) is 9.11 Å². The third kappa shape index (κ3) is 3.34. The number of halogens is 1. The van der Waals surface area contributed by atoms with Gasteiger partial charge in [0.1, 0.15) is 11.4 Å². The molecule has 130 valence electrons. The summed E-state index contributed by atoms with van der Waals surface area (Å²) in [5.74, 6) is 0.562. The summed E-state index contributed by atoms with van der Waals surface area (Å²) < 4.78 is 29.4. The molecule has 3 N–H and O–H groups in total. The Labute approximate surface area is 148 Å². The molecule has 0 saturated heterocycles. The summed E-state index contributed by atoms with van der Waals surface area (Å²) in [7, 11) is -1.32. The molecule has 1 atom stereocenters. The molecule has 1 aliphatic rings. The first-order chi connectivity index (χ1) is 11.5. The second-order valence-corrected chi connectivity index (χ2v) is 8.05. The van der Waals surface area contributed by atoms with Gasteiger partial charge in [-0.15, -0.1) is 0 Å². The predicted octanol–water partition coefficient (Wildman–Crippen LogP) is 4.86. The van der Waals surface area contributed by atoms with Crippen molar-refractivity contribution in [1.82, 2.24) is 5.32 Å². The van der Waals surface area contributed by atoms with Crippen LogP contribution in [-0.4, -0.2) is 28.1 Å². The number of rotatable bonds is 5. The molecule has 0 bridgehead atoms. The average molecular weight is 369 g/mol. The molecule has 7 heteroatoms. The lowest BCUT2D eigenvalue weighted by Gasteiger charge is -2.51. The molecule has 5 nitrogen and oxygen atoms in total. The van der Waals surface area contributed by atoms with Crippen molar-refractivity contribution in [2.24, 2.45) is 0 Å². The standard InChI is InChI=1S/C17H21ClN2O3S/c1-19-11-5-8-17-23-16-12-13(18)9-10-15(16)20(24(17,21)22)14-6-3-2-4-7-14/h2-4,6-7,9-10,12,17,19,21-22H,5,8,11H2,1H3. The largest absolute Gasteiger partial charge is 0.466 e. The van der Waals surface area contributed by atoms with E-state index in [0.29, 0.717) is 28.6 Å². The molecule has 3 rings (SSSR count). The SMILES string of the molecule is CNCCCC1Oc2cc(Cl)ccc2N(c2ccccc2)S1(O)O. The summed E-state index contributed by atoms with van der Waals surface area (Å²) in [6, 6.07) is 14.5. The minimum Gasteiger partial charge on any atom is -0.466 e. The van der Waals surface area contributed by atoms with Gasteiger partial charge in [0.15, 0.2) is 0 Å². The van der Waals surface area contributed by atoms with Crippen molar-refractivity contribution in [2.45, 2.75) is 18.3 Å². The maximum Gasteiger partial charge on any atom is 0.206 e. The van der Waals surface area contributed by atoms with Gasteiger partial charge in [0.25, 0.3) is 0 Å². The van der Waals surface area contributed by atoms with Crippen LogP contribution in [0.15, 0.2) is 48.5 Å². The maximum absolute atomic E-state index is 10.9. The molecule has 1 aliphatic heterocycles. The first-order valence-electron chi connectivity index (χ1n) is 7.77. The van der Waals surface area contributed by atoms with E-state index in [2.05, 4.69) is 5.32 Å². The number of nitrogens with zero attached hydrogens (tertiary/aromatic N) is 1. The number of fused-ring (bicyclic) bond motifs is 1. The van der Waals surface area contributed by atoms with Crippen molar-refractivity contribution < 1.29 is 13.8 Å². The van der Waals surface area contributed by atoms with Crippen LogP contribution in [0.2, 0.25) is 5.02 Å². The van der Waals surface area contributed by atoms with E-state index in [4.69, 9.17) is 16.3 Å². The van der Waals surface area contributed by atoms with Gasteiger partial charge in [0.05, 0.1) is 5.69 Å². The van der Waals surface area contributed by atoms with Crippen molar-refractivity contribution >= 4 is 33.8 Å². The Morgan fingerprint density at radius 2 is 1.96 bits per heavy atom. The Kier molecular flexibility index (Phi) is 5.22. The van der Waals surface area contributed by atoms with E-state index < -0.39 is 16.2 Å². The molecular weight excluding hydrogens is 348 g/mol. The van der Waals surface area contributed by atoms with Gasteiger partial charge in [-0.2, -0.15) is 0 Å². The van der Waals surface area contributed by atoms with E-state index in [1.807, 2.05) is 37.4 Å². The zero-order chi connectivity index (χ0) is 17.2. The van der Waals surface area contributed by atoms with Crippen LogP contribution in [0.25, 0.3) is 0 Å². The molecule has 1 unspecified atom stereocenters. The molecule has 0 saturated carbocycles. The second kappa shape index (κ2) is 7.21. The molecule has 0 spiro atoms. The van der Waals surface area contributed by atoms with Gasteiger partial charge < -0.3 is 10.1 Å². The molecular formula is C17H21ClN2O3S. The van der Waals surface area contributed by atoms with Crippen molar-refractivity contribution in [3.63, 3.8) is 0 Å². The van der Waals surface area contributed by atoms with E-state index in [-0.39, 0.29) is 0 Å². The molecule has 0 radical (unpaired) electrons. The number of nitrogens with one attached hydrogen (secondary N) is 1. The Balaban J connectivity index is 2.03. The van der Waals surface area contributed by atoms with E-state index in [9.17, 15) is 9.11 Å². The van der Waals surface area contributed by atoms with Gasteiger partial charge in [0, 0.05) is 17.5 Å². The number of hydrogen-bond donors (Lipinski definition) is 3. The fraction of sp³-hybridized carbons (Fsp3) is 0.294. The van der Waals surface area contributed by atoms with Crippen LogP contribution in [0.3, 0.4) is 0 Å². The highest BCUT2D eigenvalue weighted by molar-refractivity contribution is 8.26. The third-order valence-electron chi connectivity index (χ3n) is 3.88. The lowest BCUT2D eigenvalue weighted by Crippen LogP contribution is -2.39. The monoisotopic (exact) mass is 368 g/mol. The number of benzene rings is 2. The number of para-hydroxylation sites is 1. The van der Waals surface area contributed by atoms with E-state index in [0.717, 1.165) is 13.0 Å². The lowest BCUT2D eigenvalue weighted by atomic mass is 10.2. The predicted molar refractivity (Wildman–Crippen MR) is 100 cm³/mol. The van der Waals surface area contributed by atoms with Gasteiger partial charge in [-0.25, -0.2) is 4.31 Å². The quantitative estimate of drug-likeness (QED) is 0.657. The van der Waals surface area contributed by atoms with Crippen LogP contribution in [0.5, 0.6) is 5.75 Å². The van der Waals surface area contributed by atoms with E-state index >= 15 is 0 Å². The Morgan fingerprint density at radius 3 is 2.67 bits per heavy atom. The van der Waals surface area contributed by atoms with E-state index in [1.165, 1.54) is 0 Å². The minimum absolute atomic E-state index is 0.526. The molecule has 24 heavy (non-hydrogen) atoms. The van der Waals surface area contributed by atoms with Crippen LogP contribution >= 0.6 is 22.4 Å². The van der Waals surface area contributed by atoms with Crippen molar-refractivity contribution in [3.8, 4) is 5.75 Å². The molecule has 0 aliphatic carbocycles. The highest BCUT2D eigenvalue weighted by atomic mass is 35.5. The third-order valence-corrected chi connectivity index (χ3v) is 6.10. The van der Waals surface area contributed by atoms with Crippen molar-refractivity contribution in [3.05, 3.63) is 53.6 Å². The van der Waals surface area contributed by atoms with E-state index in [1.54, 1.807) is 22.5 Å². The fourth-order valence-corrected chi connectivity index (χ4v) is 4.72. The van der Waals surface area contributed by atoms with Gasteiger partial charge >= 0.3 is 0 Å². The Morgan fingerprint density at radius 1 is 1.21 bits per heavy atom. The summed E-state index contributed by atoms with van der Waals surface area (Å²) in [4.78, 5) is 0. The molecule has 0 amide bonds. The summed E-state index contributed by atoms with van der Waals surface area (Å²) in [6.07, 6.45) is 1.30. The molecule has 0 aromatic heterocycles. The van der Waals surface area contributed by atoms with Crippen LogP contribution in [0.1, 0.15) is 12.8 Å². The van der Waals surface area contributed by atoms with Crippen LogP contribution in [0, 0.1) is 0 Å². The van der Waals surface area contributed by atoms with Gasteiger partial charge in [0.2, 0.25) is 5.44 Å². The highest BCUT2D eigenvalue weighted by Crippen LogP contribution is 2.61. The topological polar surface area (TPSA) is 65.0 Å². The molecule has 2 aromatic rings.